The van der Waals surface area contributed by atoms with Crippen LogP contribution in [0.4, 0.5) is 0 Å². The maximum atomic E-state index is 6.33. The summed E-state index contributed by atoms with van der Waals surface area (Å²) in [6.45, 7) is 55.1. The van der Waals surface area contributed by atoms with E-state index < -0.39 is 11.1 Å². The van der Waals surface area contributed by atoms with Crippen LogP contribution in [0.15, 0.2) is 36.4 Å². The molecule has 0 radical (unpaired) electrons. The Kier molecular flexibility index (Phi) is 90.8. The second-order valence-corrected chi connectivity index (χ2v) is 39.1. The van der Waals surface area contributed by atoms with E-state index in [1.807, 2.05) is 96.9 Å². The fourth-order valence-electron chi connectivity index (χ4n) is 11.9. The van der Waals surface area contributed by atoms with Crippen LogP contribution in [0.2, 0.25) is 0 Å². The maximum Gasteiger partial charge on any atom is 0.126 e. The number of benzene rings is 2. The summed E-state index contributed by atoms with van der Waals surface area (Å²) >= 11 is 0. The van der Waals surface area contributed by atoms with Crippen molar-refractivity contribution in [3.63, 3.8) is 0 Å². The van der Waals surface area contributed by atoms with E-state index in [2.05, 4.69) is 27.7 Å². The highest BCUT2D eigenvalue weighted by molar-refractivity contribution is 5.43. The molecule has 2 aromatic carbocycles. The summed E-state index contributed by atoms with van der Waals surface area (Å²) in [5.74, 6) is 3.91. The maximum absolute atomic E-state index is 6.33. The van der Waals surface area contributed by atoms with Crippen LogP contribution >= 0.6 is 0 Å². The Labute approximate surface area is 855 Å². The van der Waals surface area contributed by atoms with Crippen molar-refractivity contribution < 1.29 is 104 Å². The molecule has 0 heterocycles. The van der Waals surface area contributed by atoms with Crippen molar-refractivity contribution in [3.8, 4) is 34.5 Å². The van der Waals surface area contributed by atoms with Crippen LogP contribution in [-0.4, -0.2) is 386 Å². The first kappa shape index (κ1) is 144. The zero-order chi connectivity index (χ0) is 108. The van der Waals surface area contributed by atoms with Crippen LogP contribution in [0.25, 0.3) is 0 Å². The number of ether oxygens (including phenoxy) is 22. The van der Waals surface area contributed by atoms with Gasteiger partial charge >= 0.3 is 0 Å². The second kappa shape index (κ2) is 89.5. The number of rotatable bonds is 86. The summed E-state index contributed by atoms with van der Waals surface area (Å²) in [5.41, 5.74) is 123. The molecule has 0 bridgehead atoms. The lowest BCUT2D eigenvalue weighted by molar-refractivity contribution is -0.113. The van der Waals surface area contributed by atoms with Gasteiger partial charge in [0.1, 0.15) is 74.1 Å². The lowest BCUT2D eigenvalue weighted by Crippen LogP contribution is -2.54. The van der Waals surface area contributed by atoms with Gasteiger partial charge < -0.3 is 230 Å². The molecular weight excluding hydrogens is 1840 g/mol. The predicted molar refractivity (Wildman–Crippen MR) is 569 cm³/mol. The zero-order valence-electron chi connectivity index (χ0n) is 91.2. The van der Waals surface area contributed by atoms with E-state index in [0.717, 1.165) is 25.7 Å². The van der Waals surface area contributed by atoms with E-state index >= 15 is 0 Å². The van der Waals surface area contributed by atoms with Gasteiger partial charge in [0.05, 0.1) is 222 Å². The van der Waals surface area contributed by atoms with Crippen molar-refractivity contribution in [3.05, 3.63) is 36.4 Å². The van der Waals surface area contributed by atoms with Gasteiger partial charge in [-0.15, -0.1) is 0 Å². The molecule has 848 valence electrons. The largest absolute Gasteiger partial charge is 0.492 e. The molecule has 0 fully saturated rings. The van der Waals surface area contributed by atoms with E-state index in [0.29, 0.717) is 325 Å². The molecule has 142 heavy (non-hydrogen) atoms. The molecule has 44 heteroatoms. The van der Waals surface area contributed by atoms with E-state index in [9.17, 15) is 0 Å². The second-order valence-electron chi connectivity index (χ2n) is 39.1. The molecule has 2 rings (SSSR count). The molecule has 0 aliphatic rings. The van der Waals surface area contributed by atoms with Crippen LogP contribution in [0, 0.1) is 21.7 Å². The SMILES string of the molecule is CC(N)COCC(N)(COCC(C)N)COCC(C)N.CC(N)COc1cc(OCC(C)N)cc(OCC(C)N)c1.CCC(COCC(C)N)(COCC(C)N)COCC(CC)(COCC(C)N)COCC(C)N.CCC(COCC(C)N)(COCC(C)N)COCC(CC)(COCC(C)N)COCC(C)N.NCCOCC(N)(COCCN)COCCN.NCCOc1cc(OCCN)cc(OCCN)c1. The molecule has 44 N–H and O–H groups in total. The van der Waals surface area contributed by atoms with Gasteiger partial charge in [0, 0.05) is 182 Å². The first-order valence-electron chi connectivity index (χ1n) is 50.8. The normalized spacial score (nSPS) is 16.7. The summed E-state index contributed by atoms with van der Waals surface area (Å²) in [6.07, 6.45) is 3.36. The Bertz CT molecular complexity index is 2690. The van der Waals surface area contributed by atoms with Crippen LogP contribution in [-0.2, 0) is 75.8 Å². The van der Waals surface area contributed by atoms with Crippen LogP contribution < -0.4 is 155 Å². The van der Waals surface area contributed by atoms with Gasteiger partial charge in [0.15, 0.2) is 0 Å². The van der Waals surface area contributed by atoms with Gasteiger partial charge in [-0.2, -0.15) is 0 Å². The molecule has 0 spiro atoms. The topological polar surface area (TPSA) is 776 Å². The van der Waals surface area contributed by atoms with Gasteiger partial charge in [-0.25, -0.2) is 0 Å². The Hall–Kier alpha value is -4.28. The average molecular weight is 2050 g/mol. The molecule has 0 aromatic heterocycles. The molecule has 14 unspecified atom stereocenters. The Morgan fingerprint density at radius 1 is 0.176 bits per heavy atom. The Balaban J connectivity index is -0.000000821. The lowest BCUT2D eigenvalue weighted by Gasteiger charge is -2.36. The minimum atomic E-state index is -0.724. The van der Waals surface area contributed by atoms with Crippen molar-refractivity contribution in [2.45, 2.75) is 246 Å². The molecule has 14 atom stereocenters. The highest BCUT2D eigenvalue weighted by Gasteiger charge is 2.38. The molecule has 0 aliphatic carbocycles. The standard InChI is InChI=1S/2C24H54N4O5.C15H27N3O3.C13H32N4O3.C12H21N3O3.C10H26N4O3/c2*1-7-23(13-29-9-19(3)25,14-30-10-20(4)26)17-33-18-24(8-2,15-31-11-21(5)27)16-32-12-22(6)28;1-10(16)7-19-13-4-14(20-8-11(2)17)6-15(5-13)21-9-12(3)18;1-10(14)4-18-7-13(17,8-19-5-11(2)15)9-20-6-12(3)16;13-1-4-16-10-7-11(17-5-2-14)9-12(8-10)18-6-3-15;11-1-4-15-7-10(14,8-16-5-2-12)9-17-6-3-13/h2*19-22H,7-18,25-28H2,1-6H3;4-6,10-12H,7-9,16-18H2,1-3H3;10-12H,4-9,14-17H2,1-3H3;7-9H,1-6,13-15H2;1-9,11-14H2. The minimum Gasteiger partial charge on any atom is -0.492 e. The number of nitrogens with two attached hydrogens (primary N) is 22. The fraction of sp³-hybridized carbons (Fsp3) is 0.878. The molecule has 44 nitrogen and oxygen atoms in total. The predicted octanol–water partition coefficient (Wildman–Crippen LogP) is -0.549. The van der Waals surface area contributed by atoms with Gasteiger partial charge in [0.2, 0.25) is 0 Å². The molecule has 0 saturated heterocycles. The van der Waals surface area contributed by atoms with Gasteiger partial charge in [-0.05, 0) is 123 Å². The van der Waals surface area contributed by atoms with E-state index in [1.54, 1.807) is 36.4 Å². The smallest absolute Gasteiger partial charge is 0.126 e. The fourth-order valence-corrected chi connectivity index (χ4v) is 11.9. The van der Waals surface area contributed by atoms with Crippen LogP contribution in [0.3, 0.4) is 0 Å². The van der Waals surface area contributed by atoms with E-state index in [4.69, 9.17) is 230 Å². The average Bonchev–Trinajstić information content (AvgIpc) is 0.817. The van der Waals surface area contributed by atoms with E-state index in [1.165, 1.54) is 0 Å². The minimum absolute atomic E-state index is 0.0256. The van der Waals surface area contributed by atoms with E-state index in [-0.39, 0.29) is 106 Å². The van der Waals surface area contributed by atoms with Crippen molar-refractivity contribution in [1.29, 1.82) is 0 Å². The van der Waals surface area contributed by atoms with Gasteiger partial charge in [-0.1, -0.05) is 27.7 Å². The lowest BCUT2D eigenvalue weighted by atomic mass is 9.86. The zero-order valence-corrected chi connectivity index (χ0v) is 91.2. The molecule has 2 aromatic rings. The third kappa shape index (κ3) is 85.5. The molecule has 0 amide bonds. The molecule has 0 aliphatic heterocycles. The number of hydrogen-bond acceptors (Lipinski definition) is 44. The summed E-state index contributed by atoms with van der Waals surface area (Å²) in [6, 6.07) is 10.3. The summed E-state index contributed by atoms with van der Waals surface area (Å²) < 4.78 is 126. The first-order valence-corrected chi connectivity index (χ1v) is 50.8. The highest BCUT2D eigenvalue weighted by atomic mass is 16.6. The number of hydrogen-bond donors (Lipinski definition) is 22. The monoisotopic (exact) mass is 2050 g/mol. The first-order chi connectivity index (χ1) is 67.1. The summed E-state index contributed by atoms with van der Waals surface area (Å²) in [7, 11) is 0. The van der Waals surface area contributed by atoms with Crippen molar-refractivity contribution >= 4 is 0 Å². The third-order valence-corrected chi connectivity index (χ3v) is 19.6. The van der Waals surface area contributed by atoms with Crippen molar-refractivity contribution in [2.24, 2.45) is 148 Å². The van der Waals surface area contributed by atoms with Crippen LogP contribution in [0.1, 0.15) is 150 Å². The quantitative estimate of drug-likeness (QED) is 0.0370. The van der Waals surface area contributed by atoms with Gasteiger partial charge in [0.25, 0.3) is 0 Å². The highest BCUT2D eigenvalue weighted by Crippen LogP contribution is 2.33. The van der Waals surface area contributed by atoms with Crippen molar-refractivity contribution in [2.75, 3.05) is 290 Å². The Morgan fingerprint density at radius 2 is 0.303 bits per heavy atom. The summed E-state index contributed by atoms with van der Waals surface area (Å²) in [4.78, 5) is 0. The van der Waals surface area contributed by atoms with Crippen molar-refractivity contribution in [1.82, 2.24) is 0 Å². The third-order valence-electron chi connectivity index (χ3n) is 19.6. The Morgan fingerprint density at radius 3 is 0.437 bits per heavy atom. The van der Waals surface area contributed by atoms with Gasteiger partial charge in [-0.3, -0.25) is 0 Å². The molecule has 0 saturated carbocycles. The summed E-state index contributed by atoms with van der Waals surface area (Å²) in [5, 5.41) is 0. The molecular formula is C98H214N22O22. The van der Waals surface area contributed by atoms with Crippen LogP contribution in [0.5, 0.6) is 34.5 Å².